The fourth-order valence-electron chi connectivity index (χ4n) is 2.25. The maximum atomic E-state index is 11.4. The first-order valence-electron chi connectivity index (χ1n) is 5.47. The van der Waals surface area contributed by atoms with Crippen LogP contribution >= 0.6 is 23.2 Å². The Hall–Kier alpha value is -1.57. The minimum absolute atomic E-state index is 0.432. The fraction of sp³-hybridized carbons (Fsp3) is 0. The maximum Gasteiger partial charge on any atom is 0.151 e. The van der Waals surface area contributed by atoms with Gasteiger partial charge in [0.05, 0.1) is 10.0 Å². The number of benzene rings is 3. The number of halogens is 2. The van der Waals surface area contributed by atoms with E-state index in [9.17, 15) is 4.79 Å². The molecule has 0 aromatic heterocycles. The SMILES string of the molecule is O=Cc1c2ccccc2cc2ccc(Cl)c(Cl)c12. The fourth-order valence-corrected chi connectivity index (χ4v) is 2.68. The van der Waals surface area contributed by atoms with Gasteiger partial charge >= 0.3 is 0 Å². The normalized spacial score (nSPS) is 11.0. The Bertz CT molecular complexity index is 778. The van der Waals surface area contributed by atoms with Crippen molar-refractivity contribution < 1.29 is 4.79 Å². The van der Waals surface area contributed by atoms with E-state index in [4.69, 9.17) is 23.2 Å². The Labute approximate surface area is 114 Å². The van der Waals surface area contributed by atoms with Gasteiger partial charge in [0.15, 0.2) is 6.29 Å². The van der Waals surface area contributed by atoms with E-state index < -0.39 is 0 Å². The van der Waals surface area contributed by atoms with Crippen LogP contribution in [-0.4, -0.2) is 6.29 Å². The van der Waals surface area contributed by atoms with Gasteiger partial charge in [0.2, 0.25) is 0 Å². The summed E-state index contributed by atoms with van der Waals surface area (Å²) >= 11 is 12.2. The molecule has 0 fully saturated rings. The Morgan fingerprint density at radius 2 is 1.72 bits per heavy atom. The van der Waals surface area contributed by atoms with Gasteiger partial charge in [-0.2, -0.15) is 0 Å². The lowest BCUT2D eigenvalue weighted by Crippen LogP contribution is -1.88. The topological polar surface area (TPSA) is 17.1 Å². The second-order valence-corrected chi connectivity index (χ2v) is 4.87. The van der Waals surface area contributed by atoms with Crippen LogP contribution in [0.1, 0.15) is 10.4 Å². The summed E-state index contributed by atoms with van der Waals surface area (Å²) in [4.78, 5) is 11.4. The molecule has 0 atom stereocenters. The minimum atomic E-state index is 0.432. The second kappa shape index (κ2) is 4.27. The first kappa shape index (κ1) is 11.5. The molecule has 0 saturated heterocycles. The number of carbonyl (C=O) groups excluding carboxylic acids is 1. The van der Waals surface area contributed by atoms with Gasteiger partial charge in [-0.25, -0.2) is 0 Å². The van der Waals surface area contributed by atoms with Crippen molar-refractivity contribution in [3.8, 4) is 0 Å². The lowest BCUT2D eigenvalue weighted by molar-refractivity contribution is 0.112. The molecule has 1 nitrogen and oxygen atoms in total. The number of carbonyl (C=O) groups is 1. The van der Waals surface area contributed by atoms with Crippen LogP contribution in [0.25, 0.3) is 21.5 Å². The highest BCUT2D eigenvalue weighted by Gasteiger charge is 2.11. The molecule has 0 spiro atoms. The lowest BCUT2D eigenvalue weighted by atomic mass is 9.97. The van der Waals surface area contributed by atoms with Crippen LogP contribution in [-0.2, 0) is 0 Å². The van der Waals surface area contributed by atoms with Gasteiger partial charge in [-0.3, -0.25) is 4.79 Å². The van der Waals surface area contributed by atoms with E-state index >= 15 is 0 Å². The Morgan fingerprint density at radius 3 is 2.50 bits per heavy atom. The van der Waals surface area contributed by atoms with Crippen molar-refractivity contribution in [2.24, 2.45) is 0 Å². The van der Waals surface area contributed by atoms with Crippen molar-refractivity contribution in [3.05, 3.63) is 58.1 Å². The van der Waals surface area contributed by atoms with E-state index in [1.165, 1.54) is 0 Å². The summed E-state index contributed by atoms with van der Waals surface area (Å²) in [6.07, 6.45) is 0.840. The molecule has 0 saturated carbocycles. The third kappa shape index (κ3) is 1.59. The zero-order chi connectivity index (χ0) is 12.7. The summed E-state index contributed by atoms with van der Waals surface area (Å²) in [5.74, 6) is 0. The van der Waals surface area contributed by atoms with Crippen LogP contribution in [0.15, 0.2) is 42.5 Å². The Balaban J connectivity index is 2.64. The van der Waals surface area contributed by atoms with Gasteiger partial charge in [-0.1, -0.05) is 53.5 Å². The molecule has 3 aromatic carbocycles. The first-order valence-corrected chi connectivity index (χ1v) is 6.22. The monoisotopic (exact) mass is 274 g/mol. The average Bonchev–Trinajstić information content (AvgIpc) is 2.41. The molecule has 0 aliphatic rings. The van der Waals surface area contributed by atoms with E-state index in [2.05, 4.69) is 0 Å². The van der Waals surface area contributed by atoms with Gasteiger partial charge in [-0.15, -0.1) is 0 Å². The molecule has 18 heavy (non-hydrogen) atoms. The largest absolute Gasteiger partial charge is 0.298 e. The molecule has 0 amide bonds. The van der Waals surface area contributed by atoms with E-state index in [1.807, 2.05) is 36.4 Å². The molecule has 0 aliphatic carbocycles. The quantitative estimate of drug-likeness (QED) is 0.445. The summed E-state index contributed by atoms with van der Waals surface area (Å²) in [6.45, 7) is 0. The van der Waals surface area contributed by atoms with Crippen LogP contribution in [0.3, 0.4) is 0 Å². The van der Waals surface area contributed by atoms with Crippen LogP contribution in [0, 0.1) is 0 Å². The molecule has 0 aliphatic heterocycles. The van der Waals surface area contributed by atoms with E-state index in [0.29, 0.717) is 15.6 Å². The molecule has 0 bridgehead atoms. The molecular weight excluding hydrogens is 267 g/mol. The van der Waals surface area contributed by atoms with Crippen LogP contribution < -0.4 is 0 Å². The van der Waals surface area contributed by atoms with Crippen LogP contribution in [0.2, 0.25) is 10.0 Å². The summed E-state index contributed by atoms with van der Waals surface area (Å²) < 4.78 is 0. The van der Waals surface area contributed by atoms with Crippen molar-refractivity contribution in [1.29, 1.82) is 0 Å². The minimum Gasteiger partial charge on any atom is -0.298 e. The lowest BCUT2D eigenvalue weighted by Gasteiger charge is -2.09. The van der Waals surface area contributed by atoms with E-state index in [-0.39, 0.29) is 0 Å². The van der Waals surface area contributed by atoms with Crippen LogP contribution in [0.4, 0.5) is 0 Å². The zero-order valence-corrected chi connectivity index (χ0v) is 10.8. The van der Waals surface area contributed by atoms with Crippen molar-refractivity contribution in [2.75, 3.05) is 0 Å². The summed E-state index contributed by atoms with van der Waals surface area (Å²) in [6, 6.07) is 13.4. The molecule has 0 radical (unpaired) electrons. The van der Waals surface area contributed by atoms with Crippen molar-refractivity contribution in [1.82, 2.24) is 0 Å². The zero-order valence-electron chi connectivity index (χ0n) is 9.28. The third-order valence-electron chi connectivity index (χ3n) is 3.08. The number of hydrogen-bond acceptors (Lipinski definition) is 1. The van der Waals surface area contributed by atoms with E-state index in [1.54, 1.807) is 6.07 Å². The predicted octanol–water partition coefficient (Wildman–Crippen LogP) is 5.11. The molecule has 3 aromatic rings. The molecule has 3 rings (SSSR count). The molecule has 3 heteroatoms. The van der Waals surface area contributed by atoms with Crippen molar-refractivity contribution in [2.45, 2.75) is 0 Å². The summed E-state index contributed by atoms with van der Waals surface area (Å²) in [5.41, 5.74) is 0.593. The highest BCUT2D eigenvalue weighted by Crippen LogP contribution is 2.36. The molecule has 0 heterocycles. The summed E-state index contributed by atoms with van der Waals surface area (Å²) in [5, 5.41) is 4.45. The van der Waals surface area contributed by atoms with Gasteiger partial charge in [0, 0.05) is 10.9 Å². The number of fused-ring (bicyclic) bond motifs is 2. The average molecular weight is 275 g/mol. The highest BCUT2D eigenvalue weighted by atomic mass is 35.5. The summed E-state index contributed by atoms with van der Waals surface area (Å²) in [7, 11) is 0. The van der Waals surface area contributed by atoms with Crippen molar-refractivity contribution >= 4 is 51.0 Å². The van der Waals surface area contributed by atoms with Gasteiger partial charge in [0.1, 0.15) is 0 Å². The second-order valence-electron chi connectivity index (χ2n) is 4.09. The predicted molar refractivity (Wildman–Crippen MR) is 76.9 cm³/mol. The van der Waals surface area contributed by atoms with Gasteiger partial charge < -0.3 is 0 Å². The van der Waals surface area contributed by atoms with Gasteiger partial charge in [0.25, 0.3) is 0 Å². The number of hydrogen-bond donors (Lipinski definition) is 0. The maximum absolute atomic E-state index is 11.4. The van der Waals surface area contributed by atoms with E-state index in [0.717, 1.165) is 27.8 Å². The van der Waals surface area contributed by atoms with Crippen LogP contribution in [0.5, 0.6) is 0 Å². The highest BCUT2D eigenvalue weighted by molar-refractivity contribution is 6.46. The third-order valence-corrected chi connectivity index (χ3v) is 3.88. The first-order chi connectivity index (χ1) is 8.72. The number of aldehydes is 1. The van der Waals surface area contributed by atoms with Gasteiger partial charge in [-0.05, 0) is 28.3 Å². The van der Waals surface area contributed by atoms with Crippen molar-refractivity contribution in [3.63, 3.8) is 0 Å². The Morgan fingerprint density at radius 1 is 0.944 bits per heavy atom. The molecular formula is C15H8Cl2O. The Kier molecular flexibility index (Phi) is 2.73. The molecule has 0 unspecified atom stereocenters. The number of rotatable bonds is 1. The molecule has 88 valence electrons. The smallest absolute Gasteiger partial charge is 0.151 e. The molecule has 0 N–H and O–H groups in total. The standard InChI is InChI=1S/C15H8Cl2O/c16-13-6-5-10-7-9-3-1-2-4-11(9)12(8-18)14(10)15(13)17/h1-8H.